The zero-order chi connectivity index (χ0) is 25.3. The molecular weight excluding hydrogens is 511 g/mol. The zero-order valence-corrected chi connectivity index (χ0v) is 22.1. The number of aromatic nitrogens is 2. The van der Waals surface area contributed by atoms with Crippen LogP contribution >= 0.6 is 22.9 Å². The number of hydrogen-bond donors (Lipinski definition) is 1. The van der Waals surface area contributed by atoms with Gasteiger partial charge in [0.15, 0.2) is 0 Å². The summed E-state index contributed by atoms with van der Waals surface area (Å²) in [5.41, 5.74) is 3.06. The van der Waals surface area contributed by atoms with Crippen molar-refractivity contribution in [2.75, 3.05) is 0 Å². The van der Waals surface area contributed by atoms with Crippen molar-refractivity contribution < 1.29 is 18.8 Å². The smallest absolute Gasteiger partial charge is 0.150 e. The SMILES string of the molecule is Cc1cccc(Cl)c1-c1noc(C2CC2)c1COC1C[C@H]2CC[C@@H](C1)C2(O)c1nc2c(F)cccc2s1. The van der Waals surface area contributed by atoms with Crippen molar-refractivity contribution in [2.45, 2.75) is 69.7 Å². The van der Waals surface area contributed by atoms with Crippen molar-refractivity contribution in [3.63, 3.8) is 0 Å². The number of para-hydroxylation sites is 1. The topological polar surface area (TPSA) is 68.4 Å². The van der Waals surface area contributed by atoms with Gasteiger partial charge in [-0.05, 0) is 81.0 Å². The lowest BCUT2D eigenvalue weighted by Crippen LogP contribution is -2.44. The van der Waals surface area contributed by atoms with Crippen LogP contribution < -0.4 is 0 Å². The summed E-state index contributed by atoms with van der Waals surface area (Å²) in [5, 5.41) is 17.7. The second kappa shape index (κ2) is 8.87. The van der Waals surface area contributed by atoms with Gasteiger partial charge in [0, 0.05) is 17.0 Å². The van der Waals surface area contributed by atoms with Gasteiger partial charge in [-0.25, -0.2) is 9.37 Å². The molecule has 2 aromatic heterocycles. The second-order valence-corrected chi connectivity index (χ2v) is 12.3. The molecule has 0 spiro atoms. The van der Waals surface area contributed by atoms with Crippen LogP contribution in [0.25, 0.3) is 21.5 Å². The Morgan fingerprint density at radius 2 is 1.89 bits per heavy atom. The van der Waals surface area contributed by atoms with E-state index in [0.717, 1.165) is 71.4 Å². The molecule has 2 aromatic carbocycles. The molecule has 3 saturated carbocycles. The molecule has 0 radical (unpaired) electrons. The molecule has 4 aromatic rings. The molecule has 5 nitrogen and oxygen atoms in total. The van der Waals surface area contributed by atoms with E-state index >= 15 is 0 Å². The van der Waals surface area contributed by atoms with Crippen molar-refractivity contribution in [3.05, 3.63) is 69.1 Å². The minimum Gasteiger partial charge on any atom is -0.382 e. The fourth-order valence-corrected chi connectivity index (χ4v) is 8.07. The van der Waals surface area contributed by atoms with Crippen molar-refractivity contribution >= 4 is 33.2 Å². The molecular formula is C29H28ClFN2O3S. The predicted molar refractivity (Wildman–Crippen MR) is 141 cm³/mol. The van der Waals surface area contributed by atoms with Gasteiger partial charge in [-0.15, -0.1) is 11.3 Å². The molecule has 2 heterocycles. The van der Waals surface area contributed by atoms with Gasteiger partial charge in [0.05, 0.1) is 22.4 Å². The Morgan fingerprint density at radius 1 is 1.14 bits per heavy atom. The number of rotatable bonds is 6. The fourth-order valence-electron chi connectivity index (χ4n) is 6.53. The van der Waals surface area contributed by atoms with E-state index in [1.165, 1.54) is 17.4 Å². The molecule has 37 heavy (non-hydrogen) atoms. The zero-order valence-electron chi connectivity index (χ0n) is 20.5. The third kappa shape index (κ3) is 3.85. The lowest BCUT2D eigenvalue weighted by molar-refractivity contribution is -0.116. The molecule has 2 bridgehead atoms. The highest BCUT2D eigenvalue weighted by Crippen LogP contribution is 2.57. The average Bonchev–Trinajstić information content (AvgIpc) is 3.45. The summed E-state index contributed by atoms with van der Waals surface area (Å²) < 4.78 is 27.5. The van der Waals surface area contributed by atoms with Crippen LogP contribution in [0, 0.1) is 24.6 Å². The third-order valence-electron chi connectivity index (χ3n) is 8.60. The quantitative estimate of drug-likeness (QED) is 0.275. The van der Waals surface area contributed by atoms with Crippen LogP contribution in [0.5, 0.6) is 0 Å². The minimum absolute atomic E-state index is 0.0195. The van der Waals surface area contributed by atoms with Gasteiger partial charge in [0.1, 0.15) is 33.4 Å². The Bertz CT molecular complexity index is 1460. The standard InChI is InChI=1S/C29H28ClFN2O3S/c1-15-4-2-5-21(30)24(15)25-20(27(36-33-25)16-8-9-16)14-35-19-12-17-10-11-18(13-19)29(17,34)28-32-26-22(31)6-3-7-23(26)37-28/h2-7,16-19,34H,8-14H2,1H3/t17-,18+,19?,29?. The number of ether oxygens (including phenoxy) is 1. The summed E-state index contributed by atoms with van der Waals surface area (Å²) in [5.74, 6) is 1.06. The molecule has 7 rings (SSSR count). The Labute approximate surface area is 223 Å². The fraction of sp³-hybridized carbons (Fsp3) is 0.448. The van der Waals surface area contributed by atoms with E-state index in [1.807, 2.05) is 31.2 Å². The maximum atomic E-state index is 14.3. The van der Waals surface area contributed by atoms with E-state index in [1.54, 1.807) is 6.07 Å². The number of fused-ring (bicyclic) bond motifs is 3. The van der Waals surface area contributed by atoms with E-state index in [9.17, 15) is 9.50 Å². The molecule has 0 saturated heterocycles. The van der Waals surface area contributed by atoms with Gasteiger partial charge in [-0.1, -0.05) is 35.0 Å². The Morgan fingerprint density at radius 3 is 2.59 bits per heavy atom. The summed E-state index contributed by atoms with van der Waals surface area (Å²) >= 11 is 8.00. The van der Waals surface area contributed by atoms with Gasteiger partial charge < -0.3 is 14.4 Å². The monoisotopic (exact) mass is 538 g/mol. The number of thiazole rings is 1. The van der Waals surface area contributed by atoms with Gasteiger partial charge in [0.2, 0.25) is 0 Å². The largest absolute Gasteiger partial charge is 0.382 e. The molecule has 1 N–H and O–H groups in total. The molecule has 0 aliphatic heterocycles. The van der Waals surface area contributed by atoms with Gasteiger partial charge in [-0.3, -0.25) is 0 Å². The molecule has 8 heteroatoms. The van der Waals surface area contributed by atoms with Crippen LogP contribution in [0.1, 0.15) is 66.3 Å². The molecule has 4 atom stereocenters. The lowest BCUT2D eigenvalue weighted by atomic mass is 9.73. The highest BCUT2D eigenvalue weighted by atomic mass is 35.5. The van der Waals surface area contributed by atoms with Crippen molar-refractivity contribution in [1.29, 1.82) is 0 Å². The van der Waals surface area contributed by atoms with E-state index in [2.05, 4.69) is 10.1 Å². The van der Waals surface area contributed by atoms with Crippen LogP contribution in [-0.2, 0) is 16.9 Å². The highest BCUT2D eigenvalue weighted by Gasteiger charge is 2.56. The number of benzene rings is 2. The summed E-state index contributed by atoms with van der Waals surface area (Å²) in [6.07, 6.45) is 5.56. The first kappa shape index (κ1) is 23.8. The molecule has 0 amide bonds. The van der Waals surface area contributed by atoms with Crippen LogP contribution in [-0.4, -0.2) is 21.4 Å². The Kier molecular flexibility index (Phi) is 5.70. The number of hydrogen-bond acceptors (Lipinski definition) is 6. The van der Waals surface area contributed by atoms with E-state index in [-0.39, 0.29) is 23.8 Å². The Hall–Kier alpha value is -2.32. The van der Waals surface area contributed by atoms with Crippen molar-refractivity contribution in [3.8, 4) is 11.3 Å². The maximum Gasteiger partial charge on any atom is 0.150 e. The summed E-state index contributed by atoms with van der Waals surface area (Å²) in [6.45, 7) is 2.44. The number of aryl methyl sites for hydroxylation is 1. The van der Waals surface area contributed by atoms with Crippen LogP contribution in [0.15, 0.2) is 40.9 Å². The second-order valence-electron chi connectivity index (χ2n) is 10.9. The van der Waals surface area contributed by atoms with E-state index < -0.39 is 5.60 Å². The highest BCUT2D eigenvalue weighted by molar-refractivity contribution is 7.18. The molecule has 3 aliphatic carbocycles. The number of halogens is 2. The van der Waals surface area contributed by atoms with Crippen molar-refractivity contribution in [1.82, 2.24) is 10.1 Å². The molecule has 192 valence electrons. The van der Waals surface area contributed by atoms with Crippen LogP contribution in [0.2, 0.25) is 5.02 Å². The molecule has 3 aliphatic rings. The van der Waals surface area contributed by atoms with Gasteiger partial charge >= 0.3 is 0 Å². The maximum absolute atomic E-state index is 14.3. The lowest BCUT2D eigenvalue weighted by Gasteiger charge is -2.41. The first-order valence-corrected chi connectivity index (χ1v) is 14.3. The first-order chi connectivity index (χ1) is 17.9. The normalized spacial score (nSPS) is 27.3. The van der Waals surface area contributed by atoms with E-state index in [0.29, 0.717) is 28.1 Å². The number of aliphatic hydroxyl groups is 1. The molecule has 3 fully saturated rings. The summed E-state index contributed by atoms with van der Waals surface area (Å²) in [4.78, 5) is 4.58. The third-order valence-corrected chi connectivity index (χ3v) is 10.1. The minimum atomic E-state index is -1.02. The van der Waals surface area contributed by atoms with Crippen LogP contribution in [0.3, 0.4) is 0 Å². The summed E-state index contributed by atoms with van der Waals surface area (Å²) in [7, 11) is 0. The number of nitrogens with zero attached hydrogens (tertiary/aromatic N) is 2. The molecule has 2 unspecified atom stereocenters. The summed E-state index contributed by atoms with van der Waals surface area (Å²) in [6, 6.07) is 10.8. The van der Waals surface area contributed by atoms with Gasteiger partial charge in [-0.2, -0.15) is 0 Å². The average molecular weight is 539 g/mol. The van der Waals surface area contributed by atoms with Crippen LogP contribution in [0.4, 0.5) is 4.39 Å². The first-order valence-electron chi connectivity index (χ1n) is 13.1. The van der Waals surface area contributed by atoms with E-state index in [4.69, 9.17) is 20.9 Å². The Balaban J connectivity index is 1.14. The predicted octanol–water partition coefficient (Wildman–Crippen LogP) is 7.52. The van der Waals surface area contributed by atoms with Gasteiger partial charge in [0.25, 0.3) is 0 Å². The van der Waals surface area contributed by atoms with Crippen molar-refractivity contribution in [2.24, 2.45) is 11.8 Å².